The van der Waals surface area contributed by atoms with Crippen LogP contribution in [0.25, 0.3) is 0 Å². The van der Waals surface area contributed by atoms with Gasteiger partial charge in [0.1, 0.15) is 6.17 Å². The normalized spacial score (nSPS) is 34.3. The number of carbonyl (C=O) groups is 1. The van der Waals surface area contributed by atoms with Crippen molar-refractivity contribution in [3.8, 4) is 0 Å². The van der Waals surface area contributed by atoms with E-state index in [0.29, 0.717) is 23.8 Å². The Morgan fingerprint density at radius 2 is 2.26 bits per heavy atom. The van der Waals surface area contributed by atoms with Crippen LogP contribution in [-0.2, 0) is 4.79 Å². The molecule has 0 radical (unpaired) electrons. The van der Waals surface area contributed by atoms with Crippen LogP contribution in [0.3, 0.4) is 0 Å². The van der Waals surface area contributed by atoms with Crippen molar-refractivity contribution in [1.82, 2.24) is 10.2 Å². The van der Waals surface area contributed by atoms with Gasteiger partial charge in [0.05, 0.1) is 6.04 Å². The number of nitrogens with one attached hydrogen (secondary N) is 1. The largest absolute Gasteiger partial charge is 0.318 e. The van der Waals surface area contributed by atoms with Crippen molar-refractivity contribution >= 4 is 17.2 Å². The summed E-state index contributed by atoms with van der Waals surface area (Å²) >= 11 is 1.70. The van der Waals surface area contributed by atoms with E-state index in [-0.39, 0.29) is 12.2 Å². The van der Waals surface area contributed by atoms with Crippen LogP contribution < -0.4 is 5.32 Å². The van der Waals surface area contributed by atoms with Crippen LogP contribution in [0, 0.1) is 11.8 Å². The molecule has 2 heterocycles. The molecule has 2 aliphatic rings. The number of carbonyl (C=O) groups excluding carboxylic acids is 1. The maximum Gasteiger partial charge on any atom is 0.241 e. The van der Waals surface area contributed by atoms with Gasteiger partial charge in [-0.2, -0.15) is 11.3 Å². The van der Waals surface area contributed by atoms with Gasteiger partial charge in [-0.1, -0.05) is 20.8 Å². The highest BCUT2D eigenvalue weighted by Gasteiger charge is 2.50. The van der Waals surface area contributed by atoms with E-state index in [0.717, 1.165) is 12.8 Å². The van der Waals surface area contributed by atoms with Crippen molar-refractivity contribution in [2.24, 2.45) is 11.8 Å². The lowest BCUT2D eigenvalue weighted by Crippen LogP contribution is -2.34. The van der Waals surface area contributed by atoms with Crippen LogP contribution in [0.15, 0.2) is 16.8 Å². The molecule has 0 aromatic carbocycles. The van der Waals surface area contributed by atoms with Crippen LogP contribution in [0.1, 0.15) is 45.3 Å². The average molecular weight is 278 g/mol. The molecule has 4 atom stereocenters. The third kappa shape index (κ3) is 2.43. The Balaban J connectivity index is 1.83. The van der Waals surface area contributed by atoms with Gasteiger partial charge in [-0.3, -0.25) is 10.1 Å². The fourth-order valence-corrected chi connectivity index (χ4v) is 3.70. The molecule has 1 saturated carbocycles. The zero-order valence-electron chi connectivity index (χ0n) is 11.8. The SMILES string of the molecule is CC(C)CC1NC(c2ccsc2)N(C2CC2C)C1=O. The van der Waals surface area contributed by atoms with Gasteiger partial charge in [-0.15, -0.1) is 0 Å². The number of nitrogens with zero attached hydrogens (tertiary/aromatic N) is 1. The minimum Gasteiger partial charge on any atom is -0.318 e. The maximum atomic E-state index is 12.6. The van der Waals surface area contributed by atoms with Gasteiger partial charge < -0.3 is 4.90 Å². The van der Waals surface area contributed by atoms with Crippen molar-refractivity contribution in [1.29, 1.82) is 0 Å². The summed E-state index contributed by atoms with van der Waals surface area (Å²) in [7, 11) is 0. The smallest absolute Gasteiger partial charge is 0.241 e. The molecule has 19 heavy (non-hydrogen) atoms. The van der Waals surface area contributed by atoms with E-state index in [4.69, 9.17) is 0 Å². The molecule has 104 valence electrons. The Morgan fingerprint density at radius 3 is 2.79 bits per heavy atom. The highest BCUT2D eigenvalue weighted by molar-refractivity contribution is 7.07. The summed E-state index contributed by atoms with van der Waals surface area (Å²) in [5.41, 5.74) is 1.24. The highest BCUT2D eigenvalue weighted by atomic mass is 32.1. The minimum absolute atomic E-state index is 0.00213. The summed E-state index contributed by atoms with van der Waals surface area (Å²) in [4.78, 5) is 14.8. The zero-order valence-corrected chi connectivity index (χ0v) is 12.6. The van der Waals surface area contributed by atoms with Crippen LogP contribution in [-0.4, -0.2) is 22.9 Å². The number of thiophene rings is 1. The third-order valence-corrected chi connectivity index (χ3v) is 4.88. The van der Waals surface area contributed by atoms with Crippen LogP contribution in [0.2, 0.25) is 0 Å². The van der Waals surface area contributed by atoms with E-state index in [1.807, 2.05) is 0 Å². The lowest BCUT2D eigenvalue weighted by atomic mass is 10.0. The van der Waals surface area contributed by atoms with E-state index in [9.17, 15) is 4.79 Å². The molecule has 1 amide bonds. The Bertz CT molecular complexity index is 457. The fraction of sp³-hybridized carbons (Fsp3) is 0.667. The van der Waals surface area contributed by atoms with Crippen LogP contribution >= 0.6 is 11.3 Å². The van der Waals surface area contributed by atoms with E-state index in [1.165, 1.54) is 5.56 Å². The molecule has 1 aliphatic carbocycles. The molecule has 0 spiro atoms. The Kier molecular flexibility index (Phi) is 3.39. The zero-order chi connectivity index (χ0) is 13.6. The molecular weight excluding hydrogens is 256 g/mol. The molecule has 1 aliphatic heterocycles. The van der Waals surface area contributed by atoms with Crippen molar-refractivity contribution in [3.63, 3.8) is 0 Å². The summed E-state index contributed by atoms with van der Waals surface area (Å²) < 4.78 is 0. The number of rotatable bonds is 4. The lowest BCUT2D eigenvalue weighted by Gasteiger charge is -2.23. The number of hydrogen-bond donors (Lipinski definition) is 1. The first kappa shape index (κ1) is 13.1. The second kappa shape index (κ2) is 4.91. The minimum atomic E-state index is -0.00213. The van der Waals surface area contributed by atoms with Gasteiger partial charge >= 0.3 is 0 Å². The summed E-state index contributed by atoms with van der Waals surface area (Å²) in [6.45, 7) is 6.59. The first-order valence-corrected chi connectivity index (χ1v) is 8.12. The summed E-state index contributed by atoms with van der Waals surface area (Å²) in [5.74, 6) is 1.50. The molecule has 1 N–H and O–H groups in total. The van der Waals surface area contributed by atoms with Crippen molar-refractivity contribution in [2.75, 3.05) is 0 Å². The average Bonchev–Trinajstić information content (AvgIpc) is 2.81. The second-order valence-electron chi connectivity index (χ2n) is 6.33. The number of amides is 1. The topological polar surface area (TPSA) is 32.3 Å². The van der Waals surface area contributed by atoms with Crippen LogP contribution in [0.5, 0.6) is 0 Å². The quantitative estimate of drug-likeness (QED) is 0.918. The lowest BCUT2D eigenvalue weighted by molar-refractivity contribution is -0.131. The molecule has 1 saturated heterocycles. The Labute approximate surface area is 119 Å². The molecule has 1 aromatic heterocycles. The second-order valence-corrected chi connectivity index (χ2v) is 7.11. The predicted octanol–water partition coefficient (Wildman–Crippen LogP) is 3.00. The monoisotopic (exact) mass is 278 g/mol. The van der Waals surface area contributed by atoms with Crippen LogP contribution in [0.4, 0.5) is 0 Å². The predicted molar refractivity (Wildman–Crippen MR) is 77.9 cm³/mol. The Morgan fingerprint density at radius 1 is 1.53 bits per heavy atom. The van der Waals surface area contributed by atoms with Gasteiger partial charge in [0.2, 0.25) is 5.91 Å². The van der Waals surface area contributed by atoms with E-state index >= 15 is 0 Å². The molecule has 4 unspecified atom stereocenters. The van der Waals surface area contributed by atoms with Gasteiger partial charge in [-0.25, -0.2) is 0 Å². The maximum absolute atomic E-state index is 12.6. The van der Waals surface area contributed by atoms with Crippen molar-refractivity contribution in [3.05, 3.63) is 22.4 Å². The first-order chi connectivity index (χ1) is 9.08. The molecule has 1 aromatic rings. The van der Waals surface area contributed by atoms with Crippen molar-refractivity contribution in [2.45, 2.75) is 51.9 Å². The first-order valence-electron chi connectivity index (χ1n) is 7.18. The summed E-state index contributed by atoms with van der Waals surface area (Å²) in [6, 6.07) is 2.58. The molecule has 4 heteroatoms. The third-order valence-electron chi connectivity index (χ3n) is 4.18. The molecule has 0 bridgehead atoms. The van der Waals surface area contributed by atoms with Crippen molar-refractivity contribution < 1.29 is 4.79 Å². The standard InChI is InChI=1S/C15H22N2OS/c1-9(2)6-12-15(18)17(13-7-10(13)3)14(16-12)11-4-5-19-8-11/h4-5,8-10,12-14,16H,6-7H2,1-3H3. The van der Waals surface area contributed by atoms with Gasteiger partial charge in [-0.05, 0) is 47.1 Å². The van der Waals surface area contributed by atoms with E-state index in [1.54, 1.807) is 11.3 Å². The van der Waals surface area contributed by atoms with Gasteiger partial charge in [0.25, 0.3) is 0 Å². The summed E-state index contributed by atoms with van der Waals surface area (Å²) in [6.07, 6.45) is 2.18. The molecule has 3 rings (SSSR count). The van der Waals surface area contributed by atoms with E-state index < -0.39 is 0 Å². The summed E-state index contributed by atoms with van der Waals surface area (Å²) in [5, 5.41) is 7.79. The molecule has 2 fully saturated rings. The van der Waals surface area contributed by atoms with E-state index in [2.05, 4.69) is 47.8 Å². The molecule has 3 nitrogen and oxygen atoms in total. The van der Waals surface area contributed by atoms with Gasteiger partial charge in [0.15, 0.2) is 0 Å². The van der Waals surface area contributed by atoms with Gasteiger partial charge in [0, 0.05) is 6.04 Å². The fourth-order valence-electron chi connectivity index (χ4n) is 3.02. The molecular formula is C15H22N2OS. The number of hydrogen-bond acceptors (Lipinski definition) is 3. The Hall–Kier alpha value is -0.870. The highest BCUT2D eigenvalue weighted by Crippen LogP contribution is 2.42.